The van der Waals surface area contributed by atoms with Crippen molar-refractivity contribution < 1.29 is 14.3 Å². The standard InChI is InChI=1S/C16H20N2O3/c1-10-7-12(11(2)17-10)8-16(19)18-14-9-13(20-3)5-6-15(14)21-4/h5-7,9,17H,8H2,1-4H3,(H,18,19). The molecule has 21 heavy (non-hydrogen) atoms. The van der Waals surface area contributed by atoms with Gasteiger partial charge in [-0.3, -0.25) is 4.79 Å². The number of methoxy groups -OCH3 is 2. The van der Waals surface area contributed by atoms with Gasteiger partial charge in [-0.1, -0.05) is 0 Å². The van der Waals surface area contributed by atoms with Gasteiger partial charge in [-0.05, 0) is 37.6 Å². The highest BCUT2D eigenvalue weighted by atomic mass is 16.5. The number of H-pyrrole nitrogens is 1. The first-order valence-corrected chi connectivity index (χ1v) is 6.70. The van der Waals surface area contributed by atoms with Crippen LogP contribution in [0, 0.1) is 13.8 Å². The van der Waals surface area contributed by atoms with Gasteiger partial charge in [0.05, 0.1) is 26.3 Å². The fourth-order valence-corrected chi connectivity index (χ4v) is 2.24. The molecule has 0 aliphatic rings. The summed E-state index contributed by atoms with van der Waals surface area (Å²) >= 11 is 0. The molecule has 0 saturated carbocycles. The zero-order valence-electron chi connectivity index (χ0n) is 12.7. The lowest BCUT2D eigenvalue weighted by Gasteiger charge is -2.11. The number of aromatic amines is 1. The van der Waals surface area contributed by atoms with Gasteiger partial charge in [-0.15, -0.1) is 0 Å². The van der Waals surface area contributed by atoms with Gasteiger partial charge in [0, 0.05) is 17.5 Å². The number of ether oxygens (including phenoxy) is 2. The Balaban J connectivity index is 2.13. The number of amides is 1. The summed E-state index contributed by atoms with van der Waals surface area (Å²) in [5.74, 6) is 1.18. The Bertz CT molecular complexity index is 647. The largest absolute Gasteiger partial charge is 0.497 e. The summed E-state index contributed by atoms with van der Waals surface area (Å²) in [5.41, 5.74) is 3.66. The number of carbonyl (C=O) groups is 1. The normalized spacial score (nSPS) is 10.3. The van der Waals surface area contributed by atoms with E-state index < -0.39 is 0 Å². The first kappa shape index (κ1) is 15.0. The van der Waals surface area contributed by atoms with Crippen LogP contribution in [0.3, 0.4) is 0 Å². The van der Waals surface area contributed by atoms with E-state index in [1.54, 1.807) is 32.4 Å². The first-order valence-electron chi connectivity index (χ1n) is 6.70. The predicted octanol–water partition coefficient (Wildman–Crippen LogP) is 2.83. The van der Waals surface area contributed by atoms with Crippen molar-refractivity contribution >= 4 is 11.6 Å². The number of rotatable bonds is 5. The molecule has 0 aliphatic heterocycles. The summed E-state index contributed by atoms with van der Waals surface area (Å²) in [4.78, 5) is 15.4. The van der Waals surface area contributed by atoms with E-state index in [0.29, 0.717) is 23.6 Å². The van der Waals surface area contributed by atoms with Crippen LogP contribution in [0.2, 0.25) is 0 Å². The van der Waals surface area contributed by atoms with Crippen LogP contribution in [0.5, 0.6) is 11.5 Å². The highest BCUT2D eigenvalue weighted by Crippen LogP contribution is 2.29. The maximum Gasteiger partial charge on any atom is 0.228 e. The minimum atomic E-state index is -0.0938. The van der Waals surface area contributed by atoms with Crippen LogP contribution in [0.4, 0.5) is 5.69 Å². The summed E-state index contributed by atoms with van der Waals surface area (Å²) in [7, 11) is 3.15. The monoisotopic (exact) mass is 288 g/mol. The molecule has 2 aromatic rings. The second-order valence-corrected chi connectivity index (χ2v) is 4.89. The number of hydrogen-bond acceptors (Lipinski definition) is 3. The quantitative estimate of drug-likeness (QED) is 0.889. The second kappa shape index (κ2) is 6.35. The van der Waals surface area contributed by atoms with E-state index in [-0.39, 0.29) is 5.91 Å². The van der Waals surface area contributed by atoms with Crippen LogP contribution in [0.1, 0.15) is 17.0 Å². The Kier molecular flexibility index (Phi) is 4.52. The lowest BCUT2D eigenvalue weighted by molar-refractivity contribution is -0.115. The molecule has 0 aliphatic carbocycles. The third-order valence-electron chi connectivity index (χ3n) is 3.29. The van der Waals surface area contributed by atoms with Crippen molar-refractivity contribution in [1.29, 1.82) is 0 Å². The zero-order valence-corrected chi connectivity index (χ0v) is 12.7. The van der Waals surface area contributed by atoms with Crippen molar-refractivity contribution in [2.45, 2.75) is 20.3 Å². The van der Waals surface area contributed by atoms with Gasteiger partial charge < -0.3 is 19.8 Å². The van der Waals surface area contributed by atoms with E-state index in [0.717, 1.165) is 17.0 Å². The fourth-order valence-electron chi connectivity index (χ4n) is 2.24. The van der Waals surface area contributed by atoms with Gasteiger partial charge in [0.2, 0.25) is 5.91 Å². The molecule has 0 saturated heterocycles. The van der Waals surface area contributed by atoms with E-state index in [1.165, 1.54) is 0 Å². The maximum atomic E-state index is 12.2. The molecule has 112 valence electrons. The molecule has 5 heteroatoms. The lowest BCUT2D eigenvalue weighted by Crippen LogP contribution is -2.15. The van der Waals surface area contributed by atoms with Crippen LogP contribution in [-0.2, 0) is 11.2 Å². The molecule has 2 N–H and O–H groups in total. The van der Waals surface area contributed by atoms with Gasteiger partial charge >= 0.3 is 0 Å². The van der Waals surface area contributed by atoms with Crippen LogP contribution in [0.15, 0.2) is 24.3 Å². The topological polar surface area (TPSA) is 63.4 Å². The van der Waals surface area contributed by atoms with Crippen molar-refractivity contribution in [3.05, 3.63) is 41.2 Å². The molecule has 0 radical (unpaired) electrons. The molecule has 0 atom stereocenters. The number of aryl methyl sites for hydroxylation is 2. The number of aromatic nitrogens is 1. The Morgan fingerprint density at radius 3 is 2.52 bits per heavy atom. The molecule has 2 rings (SSSR count). The molecule has 0 fully saturated rings. The Morgan fingerprint density at radius 2 is 1.95 bits per heavy atom. The van der Waals surface area contributed by atoms with Gasteiger partial charge in [-0.2, -0.15) is 0 Å². The van der Waals surface area contributed by atoms with E-state index in [4.69, 9.17) is 9.47 Å². The van der Waals surface area contributed by atoms with Gasteiger partial charge in [-0.25, -0.2) is 0 Å². The van der Waals surface area contributed by atoms with E-state index in [2.05, 4.69) is 10.3 Å². The zero-order chi connectivity index (χ0) is 15.4. The molecular formula is C16H20N2O3. The maximum absolute atomic E-state index is 12.2. The summed E-state index contributed by atoms with van der Waals surface area (Å²) in [6.45, 7) is 3.93. The Labute approximate surface area is 124 Å². The summed E-state index contributed by atoms with van der Waals surface area (Å²) in [6.07, 6.45) is 0.316. The first-order chi connectivity index (χ1) is 10.0. The average Bonchev–Trinajstić information content (AvgIpc) is 2.76. The SMILES string of the molecule is COc1ccc(OC)c(NC(=O)Cc2cc(C)[nH]c2C)c1. The van der Waals surface area contributed by atoms with Crippen molar-refractivity contribution in [3.8, 4) is 11.5 Å². The van der Waals surface area contributed by atoms with Crippen molar-refractivity contribution in [2.75, 3.05) is 19.5 Å². The van der Waals surface area contributed by atoms with E-state index in [1.807, 2.05) is 19.9 Å². The van der Waals surface area contributed by atoms with Gasteiger partial charge in [0.15, 0.2) is 0 Å². The number of carbonyl (C=O) groups excluding carboxylic acids is 1. The Morgan fingerprint density at radius 1 is 1.19 bits per heavy atom. The van der Waals surface area contributed by atoms with E-state index in [9.17, 15) is 4.79 Å². The van der Waals surface area contributed by atoms with E-state index >= 15 is 0 Å². The molecule has 1 amide bonds. The number of hydrogen-bond donors (Lipinski definition) is 2. The minimum absolute atomic E-state index is 0.0938. The molecule has 0 bridgehead atoms. The van der Waals surface area contributed by atoms with Crippen LogP contribution in [0.25, 0.3) is 0 Å². The van der Waals surface area contributed by atoms with Crippen LogP contribution >= 0.6 is 0 Å². The third-order valence-corrected chi connectivity index (χ3v) is 3.29. The molecule has 1 heterocycles. The number of nitrogens with one attached hydrogen (secondary N) is 2. The Hall–Kier alpha value is -2.43. The lowest BCUT2D eigenvalue weighted by atomic mass is 10.1. The predicted molar refractivity (Wildman–Crippen MR) is 82.1 cm³/mol. The second-order valence-electron chi connectivity index (χ2n) is 4.89. The average molecular weight is 288 g/mol. The highest BCUT2D eigenvalue weighted by Gasteiger charge is 2.12. The van der Waals surface area contributed by atoms with Crippen molar-refractivity contribution in [2.24, 2.45) is 0 Å². The van der Waals surface area contributed by atoms with Crippen molar-refractivity contribution in [3.63, 3.8) is 0 Å². The molecule has 1 aromatic heterocycles. The summed E-state index contributed by atoms with van der Waals surface area (Å²) in [6, 6.07) is 7.28. The smallest absolute Gasteiger partial charge is 0.228 e. The molecular weight excluding hydrogens is 268 g/mol. The highest BCUT2D eigenvalue weighted by molar-refractivity contribution is 5.94. The van der Waals surface area contributed by atoms with Crippen LogP contribution in [-0.4, -0.2) is 25.1 Å². The molecule has 5 nitrogen and oxygen atoms in total. The van der Waals surface area contributed by atoms with Gasteiger partial charge in [0.1, 0.15) is 11.5 Å². The van der Waals surface area contributed by atoms with Gasteiger partial charge in [0.25, 0.3) is 0 Å². The van der Waals surface area contributed by atoms with Crippen molar-refractivity contribution in [1.82, 2.24) is 4.98 Å². The summed E-state index contributed by atoms with van der Waals surface area (Å²) < 4.78 is 10.4. The third kappa shape index (κ3) is 3.56. The minimum Gasteiger partial charge on any atom is -0.497 e. The molecule has 0 unspecified atom stereocenters. The van der Waals surface area contributed by atoms with Crippen LogP contribution < -0.4 is 14.8 Å². The summed E-state index contributed by atoms with van der Waals surface area (Å²) in [5, 5.41) is 2.86. The molecule has 0 spiro atoms. The number of benzene rings is 1. The molecule has 1 aromatic carbocycles. The fraction of sp³-hybridized carbons (Fsp3) is 0.312. The number of anilines is 1.